The first-order chi connectivity index (χ1) is 9.20. The average molecular weight is 282 g/mol. The van der Waals surface area contributed by atoms with E-state index >= 15 is 0 Å². The Bertz CT molecular complexity index is 425. The molecule has 5 nitrogen and oxygen atoms in total. The van der Waals surface area contributed by atoms with Crippen LogP contribution in [0.5, 0.6) is 0 Å². The molecule has 6 heteroatoms. The lowest BCUT2D eigenvalue weighted by atomic mass is 10.2. The molecule has 0 saturated carbocycles. The monoisotopic (exact) mass is 282 g/mol. The topological polar surface area (TPSA) is 49.9 Å². The SMILES string of the molecule is COC(=O)N1CCN(C(=O)CCc2cccs2)CC1. The van der Waals surface area contributed by atoms with Crippen LogP contribution in [0.25, 0.3) is 0 Å². The molecule has 104 valence electrons. The van der Waals surface area contributed by atoms with Crippen molar-refractivity contribution in [2.24, 2.45) is 0 Å². The lowest BCUT2D eigenvalue weighted by Crippen LogP contribution is -2.50. The Morgan fingerprint density at radius 1 is 1.26 bits per heavy atom. The van der Waals surface area contributed by atoms with E-state index in [0.717, 1.165) is 6.42 Å². The van der Waals surface area contributed by atoms with E-state index < -0.39 is 0 Å². The molecule has 0 aliphatic carbocycles. The van der Waals surface area contributed by atoms with Crippen LogP contribution in [0.15, 0.2) is 17.5 Å². The molecule has 0 unspecified atom stereocenters. The first kappa shape index (κ1) is 13.9. The van der Waals surface area contributed by atoms with Gasteiger partial charge in [-0.1, -0.05) is 6.07 Å². The van der Waals surface area contributed by atoms with Crippen LogP contribution in [0.3, 0.4) is 0 Å². The molecular weight excluding hydrogens is 264 g/mol. The summed E-state index contributed by atoms with van der Waals surface area (Å²) in [7, 11) is 1.38. The van der Waals surface area contributed by atoms with Crippen LogP contribution in [-0.4, -0.2) is 55.1 Å². The van der Waals surface area contributed by atoms with Crippen molar-refractivity contribution in [3.05, 3.63) is 22.4 Å². The first-order valence-electron chi connectivity index (χ1n) is 6.34. The van der Waals surface area contributed by atoms with Gasteiger partial charge < -0.3 is 14.5 Å². The Labute approximate surface area is 116 Å². The zero-order valence-corrected chi connectivity index (χ0v) is 11.8. The van der Waals surface area contributed by atoms with Crippen molar-refractivity contribution in [1.82, 2.24) is 9.80 Å². The van der Waals surface area contributed by atoms with E-state index in [1.807, 2.05) is 22.4 Å². The smallest absolute Gasteiger partial charge is 0.409 e. The molecule has 0 atom stereocenters. The van der Waals surface area contributed by atoms with Gasteiger partial charge in [0.1, 0.15) is 0 Å². The Balaban J connectivity index is 1.74. The number of nitrogens with zero attached hydrogens (tertiary/aromatic N) is 2. The van der Waals surface area contributed by atoms with Gasteiger partial charge in [-0.3, -0.25) is 4.79 Å². The minimum Gasteiger partial charge on any atom is -0.453 e. The van der Waals surface area contributed by atoms with Crippen molar-refractivity contribution in [3.8, 4) is 0 Å². The molecule has 1 aromatic rings. The van der Waals surface area contributed by atoms with E-state index in [2.05, 4.69) is 4.74 Å². The van der Waals surface area contributed by atoms with E-state index in [-0.39, 0.29) is 12.0 Å². The number of hydrogen-bond donors (Lipinski definition) is 0. The fourth-order valence-electron chi connectivity index (χ4n) is 2.11. The number of ether oxygens (including phenoxy) is 1. The summed E-state index contributed by atoms with van der Waals surface area (Å²) in [6.07, 6.45) is 1.03. The van der Waals surface area contributed by atoms with E-state index in [9.17, 15) is 9.59 Å². The van der Waals surface area contributed by atoms with Crippen molar-refractivity contribution in [2.45, 2.75) is 12.8 Å². The van der Waals surface area contributed by atoms with Crippen LogP contribution in [0.1, 0.15) is 11.3 Å². The Hall–Kier alpha value is -1.56. The van der Waals surface area contributed by atoms with Crippen LogP contribution in [0, 0.1) is 0 Å². The number of methoxy groups -OCH3 is 1. The zero-order valence-electron chi connectivity index (χ0n) is 11.0. The minimum absolute atomic E-state index is 0.165. The number of carbonyl (C=O) groups is 2. The molecule has 1 fully saturated rings. The van der Waals surface area contributed by atoms with Gasteiger partial charge in [0, 0.05) is 37.5 Å². The summed E-state index contributed by atoms with van der Waals surface area (Å²) < 4.78 is 4.67. The maximum Gasteiger partial charge on any atom is 0.409 e. The Morgan fingerprint density at radius 2 is 1.95 bits per heavy atom. The summed E-state index contributed by atoms with van der Waals surface area (Å²) in [5.41, 5.74) is 0. The molecule has 1 saturated heterocycles. The average Bonchev–Trinajstić information content (AvgIpc) is 2.97. The zero-order chi connectivity index (χ0) is 13.7. The molecule has 1 aromatic heterocycles. The van der Waals surface area contributed by atoms with Crippen molar-refractivity contribution < 1.29 is 14.3 Å². The predicted molar refractivity (Wildman–Crippen MR) is 73.2 cm³/mol. The van der Waals surface area contributed by atoms with Gasteiger partial charge in [-0.15, -0.1) is 11.3 Å². The second-order valence-electron chi connectivity index (χ2n) is 4.42. The number of aryl methyl sites for hydroxylation is 1. The van der Waals surface area contributed by atoms with Crippen molar-refractivity contribution in [1.29, 1.82) is 0 Å². The van der Waals surface area contributed by atoms with Gasteiger partial charge in [-0.2, -0.15) is 0 Å². The predicted octanol–water partition coefficient (Wildman–Crippen LogP) is 1.59. The quantitative estimate of drug-likeness (QED) is 0.846. The van der Waals surface area contributed by atoms with Crippen molar-refractivity contribution in [3.63, 3.8) is 0 Å². The molecule has 1 aliphatic heterocycles. The summed E-state index contributed by atoms with van der Waals surface area (Å²) in [6, 6.07) is 4.05. The number of amides is 2. The standard InChI is InChI=1S/C13H18N2O3S/c1-18-13(17)15-8-6-14(7-9-15)12(16)5-4-11-3-2-10-19-11/h2-3,10H,4-9H2,1H3. The Kier molecular flexibility index (Phi) is 4.79. The van der Waals surface area contributed by atoms with Crippen LogP contribution >= 0.6 is 11.3 Å². The third kappa shape index (κ3) is 3.70. The third-order valence-electron chi connectivity index (χ3n) is 3.23. The van der Waals surface area contributed by atoms with Gasteiger partial charge in [-0.25, -0.2) is 4.79 Å². The molecule has 0 aromatic carbocycles. The number of thiophene rings is 1. The largest absolute Gasteiger partial charge is 0.453 e. The normalized spacial score (nSPS) is 15.4. The molecular formula is C13H18N2O3S. The second-order valence-corrected chi connectivity index (χ2v) is 5.45. The van der Waals surface area contributed by atoms with Crippen LogP contribution in [-0.2, 0) is 16.0 Å². The lowest BCUT2D eigenvalue weighted by molar-refractivity contribution is -0.132. The fraction of sp³-hybridized carbons (Fsp3) is 0.538. The molecule has 1 aliphatic rings. The van der Waals surface area contributed by atoms with Crippen LogP contribution in [0.2, 0.25) is 0 Å². The molecule has 0 N–H and O–H groups in total. The highest BCUT2D eigenvalue weighted by atomic mass is 32.1. The van der Waals surface area contributed by atoms with Crippen molar-refractivity contribution >= 4 is 23.3 Å². The van der Waals surface area contributed by atoms with Gasteiger partial charge in [0.05, 0.1) is 7.11 Å². The Morgan fingerprint density at radius 3 is 2.53 bits per heavy atom. The first-order valence-corrected chi connectivity index (χ1v) is 7.21. The molecule has 0 radical (unpaired) electrons. The summed E-state index contributed by atoms with van der Waals surface area (Å²) in [6.45, 7) is 2.30. The fourth-order valence-corrected chi connectivity index (χ4v) is 2.82. The summed E-state index contributed by atoms with van der Waals surface area (Å²) in [5, 5.41) is 2.02. The molecule has 2 amide bonds. The van der Waals surface area contributed by atoms with Gasteiger partial charge in [0.2, 0.25) is 5.91 Å². The molecule has 0 spiro atoms. The summed E-state index contributed by atoms with van der Waals surface area (Å²) >= 11 is 1.68. The maximum absolute atomic E-state index is 12.0. The number of hydrogen-bond acceptors (Lipinski definition) is 4. The number of piperazine rings is 1. The maximum atomic E-state index is 12.0. The summed E-state index contributed by atoms with van der Waals surface area (Å²) in [5.74, 6) is 0.165. The highest BCUT2D eigenvalue weighted by Crippen LogP contribution is 2.12. The van der Waals surface area contributed by atoms with E-state index in [4.69, 9.17) is 0 Å². The highest BCUT2D eigenvalue weighted by molar-refractivity contribution is 7.09. The van der Waals surface area contributed by atoms with E-state index in [1.165, 1.54) is 12.0 Å². The lowest BCUT2D eigenvalue weighted by Gasteiger charge is -2.33. The molecule has 0 bridgehead atoms. The minimum atomic E-state index is -0.314. The number of carbonyl (C=O) groups excluding carboxylic acids is 2. The van der Waals surface area contributed by atoms with Gasteiger partial charge in [-0.05, 0) is 17.9 Å². The molecule has 2 rings (SSSR count). The third-order valence-corrected chi connectivity index (χ3v) is 4.17. The summed E-state index contributed by atoms with van der Waals surface area (Å²) in [4.78, 5) is 28.1. The van der Waals surface area contributed by atoms with E-state index in [1.54, 1.807) is 16.2 Å². The van der Waals surface area contributed by atoms with Gasteiger partial charge >= 0.3 is 6.09 Å². The number of rotatable bonds is 3. The van der Waals surface area contributed by atoms with Crippen LogP contribution in [0.4, 0.5) is 4.79 Å². The van der Waals surface area contributed by atoms with Gasteiger partial charge in [0.15, 0.2) is 0 Å². The second kappa shape index (κ2) is 6.56. The van der Waals surface area contributed by atoms with Crippen molar-refractivity contribution in [2.75, 3.05) is 33.3 Å². The highest BCUT2D eigenvalue weighted by Gasteiger charge is 2.24. The van der Waals surface area contributed by atoms with Crippen LogP contribution < -0.4 is 0 Å². The van der Waals surface area contributed by atoms with E-state index in [0.29, 0.717) is 32.6 Å². The molecule has 2 heterocycles. The molecule has 19 heavy (non-hydrogen) atoms. The van der Waals surface area contributed by atoms with Gasteiger partial charge in [0.25, 0.3) is 0 Å².